The quantitative estimate of drug-likeness (QED) is 0.885. The molecule has 13 heavy (non-hydrogen) atoms. The summed E-state index contributed by atoms with van der Waals surface area (Å²) in [6, 6.07) is 3.94. The van der Waals surface area contributed by atoms with E-state index in [9.17, 15) is 0 Å². The highest BCUT2D eigenvalue weighted by molar-refractivity contribution is 9.10. The van der Waals surface area contributed by atoms with Crippen LogP contribution in [0.25, 0.3) is 0 Å². The second kappa shape index (κ2) is 4.20. The van der Waals surface area contributed by atoms with E-state index < -0.39 is 0 Å². The molecule has 0 aliphatic heterocycles. The number of pyridine rings is 1. The largest absolute Gasteiger partial charge is 0.330 e. The molecule has 0 aromatic carbocycles. The van der Waals surface area contributed by atoms with Gasteiger partial charge in [-0.3, -0.25) is 4.98 Å². The van der Waals surface area contributed by atoms with E-state index in [2.05, 4.69) is 34.8 Å². The molecule has 1 heterocycles. The van der Waals surface area contributed by atoms with Crippen molar-refractivity contribution in [3.63, 3.8) is 0 Å². The molecule has 3 heteroatoms. The topological polar surface area (TPSA) is 38.9 Å². The lowest BCUT2D eigenvalue weighted by Gasteiger charge is -2.24. The Labute approximate surface area is 87.7 Å². The van der Waals surface area contributed by atoms with Crippen LogP contribution in [0.1, 0.15) is 26.0 Å². The van der Waals surface area contributed by atoms with E-state index >= 15 is 0 Å². The van der Waals surface area contributed by atoms with Crippen LogP contribution in [0.2, 0.25) is 0 Å². The monoisotopic (exact) mass is 242 g/mol. The molecule has 0 radical (unpaired) electrons. The Morgan fingerprint density at radius 3 is 2.77 bits per heavy atom. The molecular weight excluding hydrogens is 228 g/mol. The SMILES string of the molecule is CC(C)(CCN)c1ncccc1Br. The van der Waals surface area contributed by atoms with Gasteiger partial charge in [-0.25, -0.2) is 0 Å². The number of hydrogen-bond donors (Lipinski definition) is 1. The van der Waals surface area contributed by atoms with Gasteiger partial charge in [0, 0.05) is 16.1 Å². The third kappa shape index (κ3) is 2.51. The van der Waals surface area contributed by atoms with Gasteiger partial charge in [0.15, 0.2) is 0 Å². The fourth-order valence-electron chi connectivity index (χ4n) is 1.36. The van der Waals surface area contributed by atoms with Crippen molar-refractivity contribution in [3.8, 4) is 0 Å². The van der Waals surface area contributed by atoms with Crippen molar-refractivity contribution in [1.29, 1.82) is 0 Å². The maximum absolute atomic E-state index is 5.56. The molecule has 0 unspecified atom stereocenters. The number of halogens is 1. The first-order chi connectivity index (χ1) is 6.08. The molecular formula is C10H15BrN2. The van der Waals surface area contributed by atoms with Crippen molar-refractivity contribution in [1.82, 2.24) is 4.98 Å². The van der Waals surface area contributed by atoms with E-state index in [0.29, 0.717) is 6.54 Å². The predicted molar refractivity (Wildman–Crippen MR) is 58.6 cm³/mol. The molecule has 0 bridgehead atoms. The van der Waals surface area contributed by atoms with Gasteiger partial charge in [-0.1, -0.05) is 13.8 Å². The van der Waals surface area contributed by atoms with Crippen LogP contribution in [0.3, 0.4) is 0 Å². The average molecular weight is 243 g/mol. The molecule has 0 saturated heterocycles. The number of rotatable bonds is 3. The minimum absolute atomic E-state index is 0.0504. The summed E-state index contributed by atoms with van der Waals surface area (Å²) in [4.78, 5) is 4.37. The van der Waals surface area contributed by atoms with Crippen LogP contribution < -0.4 is 5.73 Å². The van der Waals surface area contributed by atoms with Crippen molar-refractivity contribution in [2.24, 2.45) is 5.73 Å². The Morgan fingerprint density at radius 1 is 1.54 bits per heavy atom. The van der Waals surface area contributed by atoms with Crippen molar-refractivity contribution in [3.05, 3.63) is 28.5 Å². The molecule has 1 aromatic rings. The van der Waals surface area contributed by atoms with Gasteiger partial charge in [-0.15, -0.1) is 0 Å². The standard InChI is InChI=1S/C10H15BrN2/c1-10(2,5-6-12)9-8(11)4-3-7-13-9/h3-4,7H,5-6,12H2,1-2H3. The van der Waals surface area contributed by atoms with Gasteiger partial charge in [-0.05, 0) is 41.0 Å². The van der Waals surface area contributed by atoms with Crippen molar-refractivity contribution < 1.29 is 0 Å². The number of nitrogens with zero attached hydrogens (tertiary/aromatic N) is 1. The Bertz CT molecular complexity index is 284. The van der Waals surface area contributed by atoms with Gasteiger partial charge >= 0.3 is 0 Å². The van der Waals surface area contributed by atoms with E-state index in [-0.39, 0.29) is 5.41 Å². The lowest BCUT2D eigenvalue weighted by atomic mass is 9.85. The van der Waals surface area contributed by atoms with Crippen LogP contribution in [0.4, 0.5) is 0 Å². The van der Waals surface area contributed by atoms with E-state index in [1.54, 1.807) is 0 Å². The first kappa shape index (κ1) is 10.7. The zero-order chi connectivity index (χ0) is 9.90. The summed E-state index contributed by atoms with van der Waals surface area (Å²) in [5.41, 5.74) is 6.69. The molecule has 2 nitrogen and oxygen atoms in total. The van der Waals surface area contributed by atoms with E-state index in [0.717, 1.165) is 16.6 Å². The Morgan fingerprint density at radius 2 is 2.23 bits per heavy atom. The van der Waals surface area contributed by atoms with Gasteiger partial charge in [0.2, 0.25) is 0 Å². The molecule has 2 N–H and O–H groups in total. The zero-order valence-electron chi connectivity index (χ0n) is 8.05. The first-order valence-corrected chi connectivity index (χ1v) is 5.18. The minimum Gasteiger partial charge on any atom is -0.330 e. The molecule has 0 aliphatic rings. The lowest BCUT2D eigenvalue weighted by molar-refractivity contribution is 0.471. The van der Waals surface area contributed by atoms with Gasteiger partial charge in [0.1, 0.15) is 0 Å². The lowest BCUT2D eigenvalue weighted by Crippen LogP contribution is -2.23. The van der Waals surface area contributed by atoms with Crippen molar-refractivity contribution >= 4 is 15.9 Å². The van der Waals surface area contributed by atoms with Gasteiger partial charge in [0.05, 0.1) is 5.69 Å². The molecule has 0 amide bonds. The van der Waals surface area contributed by atoms with E-state index in [4.69, 9.17) is 5.73 Å². The molecule has 0 atom stereocenters. The number of nitrogens with two attached hydrogens (primary N) is 1. The normalized spacial score (nSPS) is 11.7. The second-order valence-corrected chi connectivity index (χ2v) is 4.61. The van der Waals surface area contributed by atoms with Crippen LogP contribution in [-0.4, -0.2) is 11.5 Å². The van der Waals surface area contributed by atoms with Crippen molar-refractivity contribution in [2.45, 2.75) is 25.7 Å². The smallest absolute Gasteiger partial charge is 0.0602 e. The predicted octanol–water partition coefficient (Wildman–Crippen LogP) is 2.47. The fraction of sp³-hybridized carbons (Fsp3) is 0.500. The first-order valence-electron chi connectivity index (χ1n) is 4.39. The highest BCUT2D eigenvalue weighted by atomic mass is 79.9. The molecule has 0 saturated carbocycles. The third-order valence-electron chi connectivity index (χ3n) is 2.17. The summed E-state index contributed by atoms with van der Waals surface area (Å²) in [6.07, 6.45) is 2.76. The van der Waals surface area contributed by atoms with Gasteiger partial charge in [-0.2, -0.15) is 0 Å². The summed E-state index contributed by atoms with van der Waals surface area (Å²) in [6.45, 7) is 5.01. The number of aromatic nitrogens is 1. The average Bonchev–Trinajstić information content (AvgIpc) is 2.04. The minimum atomic E-state index is 0.0504. The van der Waals surface area contributed by atoms with E-state index in [1.165, 1.54) is 0 Å². The van der Waals surface area contributed by atoms with Gasteiger partial charge in [0.25, 0.3) is 0 Å². The Balaban J connectivity index is 2.99. The Hall–Kier alpha value is -0.410. The maximum atomic E-state index is 5.56. The molecule has 0 fully saturated rings. The fourth-order valence-corrected chi connectivity index (χ4v) is 2.15. The summed E-state index contributed by atoms with van der Waals surface area (Å²) in [5, 5.41) is 0. The van der Waals surface area contributed by atoms with Crippen LogP contribution in [-0.2, 0) is 5.41 Å². The summed E-state index contributed by atoms with van der Waals surface area (Å²) < 4.78 is 1.06. The van der Waals surface area contributed by atoms with Crippen LogP contribution in [0.15, 0.2) is 22.8 Å². The summed E-state index contributed by atoms with van der Waals surface area (Å²) in [7, 11) is 0. The highest BCUT2D eigenvalue weighted by Gasteiger charge is 2.23. The molecule has 0 spiro atoms. The molecule has 0 aliphatic carbocycles. The van der Waals surface area contributed by atoms with Crippen LogP contribution >= 0.6 is 15.9 Å². The molecule has 72 valence electrons. The maximum Gasteiger partial charge on any atom is 0.0602 e. The second-order valence-electron chi connectivity index (χ2n) is 3.76. The number of hydrogen-bond acceptors (Lipinski definition) is 2. The summed E-state index contributed by atoms with van der Waals surface area (Å²) in [5.74, 6) is 0. The van der Waals surface area contributed by atoms with Gasteiger partial charge < -0.3 is 5.73 Å². The van der Waals surface area contributed by atoms with E-state index in [1.807, 2.05) is 18.3 Å². The summed E-state index contributed by atoms with van der Waals surface area (Å²) >= 11 is 3.50. The Kier molecular flexibility index (Phi) is 3.45. The van der Waals surface area contributed by atoms with Crippen LogP contribution in [0, 0.1) is 0 Å². The van der Waals surface area contributed by atoms with Crippen molar-refractivity contribution in [2.75, 3.05) is 6.54 Å². The molecule has 1 aromatic heterocycles. The zero-order valence-corrected chi connectivity index (χ0v) is 9.63. The third-order valence-corrected chi connectivity index (χ3v) is 2.81. The highest BCUT2D eigenvalue weighted by Crippen LogP contribution is 2.30. The molecule has 1 rings (SSSR count). The van der Waals surface area contributed by atoms with Crippen LogP contribution in [0.5, 0.6) is 0 Å².